The number of hydrogen-bond acceptors (Lipinski definition) is 12. The number of nitrogen functional groups attached to an aromatic ring is 1. The number of nitrogens with zero attached hydrogens (tertiary/aromatic N) is 2. The fraction of sp³-hybridized carbons (Fsp3) is 0.556. The first-order valence-corrected chi connectivity index (χ1v) is 11.8. The molecular weight excluding hydrogens is 467 g/mol. The van der Waals surface area contributed by atoms with E-state index in [4.69, 9.17) is 25.2 Å². The molecule has 1 aliphatic heterocycles. The van der Waals surface area contributed by atoms with Gasteiger partial charge in [-0.05, 0) is 6.07 Å². The van der Waals surface area contributed by atoms with Gasteiger partial charge in [-0.2, -0.15) is 13.6 Å². The predicted molar refractivity (Wildman–Crippen MR) is 88.6 cm³/mol. The van der Waals surface area contributed by atoms with E-state index in [1.54, 1.807) is 0 Å². The summed E-state index contributed by atoms with van der Waals surface area (Å²) >= 11 is 0. The van der Waals surface area contributed by atoms with E-state index in [1.165, 1.54) is 6.07 Å². The van der Waals surface area contributed by atoms with Gasteiger partial charge in [0.15, 0.2) is 6.23 Å². The summed E-state index contributed by atoms with van der Waals surface area (Å²) in [6.07, 6.45) is -5.38. The van der Waals surface area contributed by atoms with Gasteiger partial charge in [0.25, 0.3) is 0 Å². The molecule has 2 heterocycles. The zero-order valence-corrected chi connectivity index (χ0v) is 16.6. The molecule has 1 aromatic rings. The van der Waals surface area contributed by atoms with Crippen molar-refractivity contribution in [2.24, 2.45) is 0 Å². The van der Waals surface area contributed by atoms with Gasteiger partial charge < -0.3 is 40.3 Å². The van der Waals surface area contributed by atoms with Gasteiger partial charge in [-0.15, -0.1) is 0 Å². The largest absolute Gasteiger partial charge is 0.490 e. The van der Waals surface area contributed by atoms with Gasteiger partial charge in [0.2, 0.25) is 0 Å². The first-order valence-electron chi connectivity index (χ1n) is 7.25. The highest BCUT2D eigenvalue weighted by Gasteiger charge is 2.46. The third kappa shape index (κ3) is 6.73. The van der Waals surface area contributed by atoms with Crippen molar-refractivity contribution in [3.05, 3.63) is 22.7 Å². The van der Waals surface area contributed by atoms with Crippen molar-refractivity contribution in [3.63, 3.8) is 0 Å². The Hall–Kier alpha value is -1.03. The summed E-state index contributed by atoms with van der Waals surface area (Å²) in [5.41, 5.74) is 4.39. The highest BCUT2D eigenvalue weighted by atomic mass is 31.3. The lowest BCUT2D eigenvalue weighted by molar-refractivity contribution is -0.0541. The van der Waals surface area contributed by atoms with Crippen LogP contribution in [0.15, 0.2) is 17.1 Å². The summed E-state index contributed by atoms with van der Waals surface area (Å²) in [5, 5.41) is 20.0. The molecule has 0 amide bonds. The highest BCUT2D eigenvalue weighted by Crippen LogP contribution is 2.66. The van der Waals surface area contributed by atoms with Crippen molar-refractivity contribution >= 4 is 29.3 Å². The molecule has 0 aromatic carbocycles. The molecule has 1 saturated heterocycles. The fourth-order valence-electron chi connectivity index (χ4n) is 2.19. The lowest BCUT2D eigenvalue weighted by Gasteiger charge is -2.19. The first-order chi connectivity index (χ1) is 13.1. The Morgan fingerprint density at radius 1 is 1.10 bits per heavy atom. The number of phosphoric acid groups is 3. The maximum Gasteiger partial charge on any atom is 0.490 e. The van der Waals surface area contributed by atoms with Gasteiger partial charge in [0, 0.05) is 6.20 Å². The lowest BCUT2D eigenvalue weighted by atomic mass is 10.1. The summed E-state index contributed by atoms with van der Waals surface area (Å²) in [7, 11) is -16.7. The Kier molecular flexibility index (Phi) is 7.20. The molecule has 8 N–H and O–H groups in total. The first kappa shape index (κ1) is 24.2. The predicted octanol–water partition coefficient (Wildman–Crippen LogP) is -2.21. The van der Waals surface area contributed by atoms with Crippen LogP contribution in [-0.2, 0) is 31.6 Å². The van der Waals surface area contributed by atoms with E-state index in [-0.39, 0.29) is 5.82 Å². The van der Waals surface area contributed by atoms with Gasteiger partial charge in [-0.25, -0.2) is 18.5 Å². The van der Waals surface area contributed by atoms with Gasteiger partial charge in [0.1, 0.15) is 24.1 Å². The van der Waals surface area contributed by atoms with Crippen molar-refractivity contribution in [1.29, 1.82) is 0 Å². The monoisotopic (exact) mass is 483 g/mol. The Morgan fingerprint density at radius 2 is 1.72 bits per heavy atom. The van der Waals surface area contributed by atoms with E-state index < -0.39 is 60.3 Å². The van der Waals surface area contributed by atoms with Crippen LogP contribution in [-0.4, -0.2) is 64.3 Å². The average molecular weight is 483 g/mol. The van der Waals surface area contributed by atoms with Gasteiger partial charge in [-0.3, -0.25) is 9.09 Å². The molecule has 0 radical (unpaired) electrons. The minimum atomic E-state index is -5.71. The summed E-state index contributed by atoms with van der Waals surface area (Å²) in [6, 6.07) is 1.20. The molecule has 1 aliphatic rings. The van der Waals surface area contributed by atoms with Gasteiger partial charge in [-0.1, -0.05) is 0 Å². The quantitative estimate of drug-likeness (QED) is 0.193. The number of aliphatic hydroxyl groups excluding tert-OH is 2. The van der Waals surface area contributed by atoms with E-state index >= 15 is 0 Å². The van der Waals surface area contributed by atoms with Crippen LogP contribution in [0, 0.1) is 0 Å². The minimum Gasteiger partial charge on any atom is -0.387 e. The lowest BCUT2D eigenvalue weighted by Crippen LogP contribution is -2.36. The van der Waals surface area contributed by atoms with Crippen molar-refractivity contribution in [1.82, 2.24) is 9.55 Å². The fourth-order valence-corrected chi connectivity index (χ4v) is 5.22. The van der Waals surface area contributed by atoms with Crippen molar-refractivity contribution in [3.8, 4) is 0 Å². The number of aliphatic hydroxyl groups is 2. The van der Waals surface area contributed by atoms with Crippen molar-refractivity contribution in [2.45, 2.75) is 24.5 Å². The molecule has 29 heavy (non-hydrogen) atoms. The maximum atomic E-state index is 11.8. The van der Waals surface area contributed by atoms with Crippen LogP contribution in [0.25, 0.3) is 0 Å². The van der Waals surface area contributed by atoms with Crippen LogP contribution >= 0.6 is 23.5 Å². The van der Waals surface area contributed by atoms with Crippen LogP contribution < -0.4 is 11.4 Å². The minimum absolute atomic E-state index is 0.122. The SMILES string of the molecule is Nc1ccn([C@@H]2O[C@H](COP(=O)(O)OP(=O)(O)OP(=O)(O)O)[C@@H](O)[C@@H]2O)c(=O)n1. The summed E-state index contributed by atoms with van der Waals surface area (Å²) in [5.74, 6) is -0.122. The molecule has 0 bridgehead atoms. The highest BCUT2D eigenvalue weighted by molar-refractivity contribution is 7.66. The molecule has 0 spiro atoms. The third-order valence-electron chi connectivity index (χ3n) is 3.28. The van der Waals surface area contributed by atoms with E-state index in [1.807, 2.05) is 0 Å². The molecule has 1 aromatic heterocycles. The molecule has 0 aliphatic carbocycles. The Morgan fingerprint density at radius 3 is 2.28 bits per heavy atom. The molecule has 2 unspecified atom stereocenters. The second kappa shape index (κ2) is 8.61. The molecule has 1 fully saturated rings. The normalized spacial score (nSPS) is 29.3. The molecule has 2 rings (SSSR count). The Balaban J connectivity index is 2.05. The molecule has 20 heteroatoms. The van der Waals surface area contributed by atoms with Crippen LogP contribution in [0.3, 0.4) is 0 Å². The molecular formula is C9H16N3O14P3. The number of anilines is 1. The summed E-state index contributed by atoms with van der Waals surface area (Å²) < 4.78 is 50.8. The van der Waals surface area contributed by atoms with E-state index in [9.17, 15) is 33.6 Å². The van der Waals surface area contributed by atoms with Crippen LogP contribution in [0.5, 0.6) is 0 Å². The van der Waals surface area contributed by atoms with E-state index in [0.717, 1.165) is 10.8 Å². The zero-order valence-electron chi connectivity index (χ0n) is 13.9. The zero-order chi connectivity index (χ0) is 22.2. The van der Waals surface area contributed by atoms with Crippen LogP contribution in [0.4, 0.5) is 5.82 Å². The van der Waals surface area contributed by atoms with E-state index in [2.05, 4.69) is 18.1 Å². The number of ether oxygens (including phenoxy) is 1. The average Bonchev–Trinajstić information content (AvgIpc) is 2.78. The van der Waals surface area contributed by atoms with Crippen molar-refractivity contribution < 1.29 is 61.4 Å². The molecule has 17 nitrogen and oxygen atoms in total. The topological polar surface area (TPSA) is 270 Å². The summed E-state index contributed by atoms with van der Waals surface area (Å²) in [6.45, 7) is -1.02. The second-order valence-corrected chi connectivity index (χ2v) is 9.90. The van der Waals surface area contributed by atoms with Gasteiger partial charge in [0.05, 0.1) is 6.61 Å². The Bertz CT molecular complexity index is 946. The van der Waals surface area contributed by atoms with Crippen molar-refractivity contribution in [2.75, 3.05) is 12.3 Å². The smallest absolute Gasteiger partial charge is 0.387 e. The Labute approximate surface area is 160 Å². The molecule has 166 valence electrons. The second-order valence-electron chi connectivity index (χ2n) is 5.48. The third-order valence-corrected chi connectivity index (χ3v) is 7.08. The van der Waals surface area contributed by atoms with Crippen LogP contribution in [0.1, 0.15) is 6.23 Å². The van der Waals surface area contributed by atoms with E-state index in [0.29, 0.717) is 0 Å². The standard InChI is InChI=1S/C9H16N3O14P3/c10-5-1-2-12(9(15)11-5)8-7(14)6(13)4(24-8)3-23-28(19,20)26-29(21,22)25-27(16,17)18/h1-2,4,6-8,13-14H,3H2,(H,19,20)(H,21,22)(H2,10,11,15)(H2,16,17,18)/t4-,6-,7+,8-/m1/s1. The number of aromatic nitrogens is 2. The van der Waals surface area contributed by atoms with Gasteiger partial charge >= 0.3 is 29.2 Å². The van der Waals surface area contributed by atoms with Crippen LogP contribution in [0.2, 0.25) is 0 Å². The number of hydrogen-bond donors (Lipinski definition) is 7. The number of nitrogens with two attached hydrogens (primary N) is 1. The molecule has 0 saturated carbocycles. The maximum absolute atomic E-state index is 11.8. The number of rotatable bonds is 8. The molecule has 6 atom stereocenters. The summed E-state index contributed by atoms with van der Waals surface area (Å²) in [4.78, 5) is 50.5. The number of phosphoric ester groups is 1.